The predicted molar refractivity (Wildman–Crippen MR) is 72.8 cm³/mol. The Morgan fingerprint density at radius 3 is 3.11 bits per heavy atom. The Morgan fingerprint density at radius 2 is 2.33 bits per heavy atom. The van der Waals surface area contributed by atoms with E-state index in [4.69, 9.17) is 4.74 Å². The highest BCUT2D eigenvalue weighted by Crippen LogP contribution is 2.16. The van der Waals surface area contributed by atoms with Crippen molar-refractivity contribution in [3.05, 3.63) is 23.9 Å². The molecule has 0 saturated carbocycles. The Hall–Kier alpha value is -1.13. The van der Waals surface area contributed by atoms with Crippen molar-refractivity contribution < 1.29 is 4.74 Å². The highest BCUT2D eigenvalue weighted by Gasteiger charge is 2.19. The number of nitrogens with zero attached hydrogens (tertiary/aromatic N) is 2. The van der Waals surface area contributed by atoms with E-state index in [1.807, 2.05) is 25.2 Å². The lowest BCUT2D eigenvalue weighted by molar-refractivity contribution is 0.122. The molecule has 1 aliphatic heterocycles. The highest BCUT2D eigenvalue weighted by molar-refractivity contribution is 5.15. The molecule has 100 valence electrons. The quantitative estimate of drug-likeness (QED) is 0.861. The molecule has 1 aromatic heterocycles. The lowest BCUT2D eigenvalue weighted by Crippen LogP contribution is -2.40. The van der Waals surface area contributed by atoms with Crippen molar-refractivity contribution in [2.75, 3.05) is 27.2 Å². The second-order valence-corrected chi connectivity index (χ2v) is 4.94. The van der Waals surface area contributed by atoms with E-state index >= 15 is 0 Å². The summed E-state index contributed by atoms with van der Waals surface area (Å²) in [6.45, 7) is 2.70. The van der Waals surface area contributed by atoms with Crippen LogP contribution >= 0.6 is 0 Å². The van der Waals surface area contributed by atoms with E-state index in [0.717, 1.165) is 24.7 Å². The maximum absolute atomic E-state index is 5.82. The number of hydrogen-bond acceptors (Lipinski definition) is 4. The fourth-order valence-electron chi connectivity index (χ4n) is 2.35. The van der Waals surface area contributed by atoms with Gasteiger partial charge in [0, 0.05) is 18.7 Å². The number of nitrogens with one attached hydrogen (secondary N) is 1. The van der Waals surface area contributed by atoms with Crippen LogP contribution in [0.4, 0.5) is 0 Å². The summed E-state index contributed by atoms with van der Waals surface area (Å²) in [7, 11) is 4.10. The van der Waals surface area contributed by atoms with Gasteiger partial charge in [-0.05, 0) is 39.5 Å². The summed E-state index contributed by atoms with van der Waals surface area (Å²) in [5.41, 5.74) is 1.02. The van der Waals surface area contributed by atoms with Crippen LogP contribution < -0.4 is 10.1 Å². The SMILES string of the molecule is CNCc1cccc(OCC2CCCCN2C)n1. The van der Waals surface area contributed by atoms with E-state index in [0.29, 0.717) is 6.04 Å². The van der Waals surface area contributed by atoms with E-state index in [1.54, 1.807) is 0 Å². The monoisotopic (exact) mass is 249 g/mol. The van der Waals surface area contributed by atoms with Crippen LogP contribution in [0.15, 0.2) is 18.2 Å². The fourth-order valence-corrected chi connectivity index (χ4v) is 2.35. The van der Waals surface area contributed by atoms with Gasteiger partial charge in [-0.1, -0.05) is 12.5 Å². The first kappa shape index (κ1) is 13.3. The van der Waals surface area contributed by atoms with Crippen LogP contribution in [0.3, 0.4) is 0 Å². The molecule has 0 spiro atoms. The molecule has 1 aliphatic rings. The smallest absolute Gasteiger partial charge is 0.213 e. The highest BCUT2D eigenvalue weighted by atomic mass is 16.5. The van der Waals surface area contributed by atoms with Crippen LogP contribution in [0.25, 0.3) is 0 Å². The van der Waals surface area contributed by atoms with Crippen LogP contribution in [-0.2, 0) is 6.54 Å². The van der Waals surface area contributed by atoms with Crippen molar-refractivity contribution in [1.82, 2.24) is 15.2 Å². The molecule has 4 heteroatoms. The minimum absolute atomic E-state index is 0.536. The minimum Gasteiger partial charge on any atom is -0.476 e. The van der Waals surface area contributed by atoms with Crippen LogP contribution in [0, 0.1) is 0 Å². The third-order valence-electron chi connectivity index (χ3n) is 3.48. The number of ether oxygens (including phenoxy) is 1. The Kier molecular flexibility index (Phi) is 4.96. The van der Waals surface area contributed by atoms with E-state index < -0.39 is 0 Å². The average molecular weight is 249 g/mol. The van der Waals surface area contributed by atoms with Gasteiger partial charge in [0.2, 0.25) is 5.88 Å². The van der Waals surface area contributed by atoms with Gasteiger partial charge < -0.3 is 15.0 Å². The summed E-state index contributed by atoms with van der Waals surface area (Å²) in [6, 6.07) is 6.48. The molecule has 4 nitrogen and oxygen atoms in total. The summed E-state index contributed by atoms with van der Waals surface area (Å²) in [6.07, 6.45) is 3.85. The number of piperidine rings is 1. The zero-order chi connectivity index (χ0) is 12.8. The summed E-state index contributed by atoms with van der Waals surface area (Å²) in [4.78, 5) is 6.86. The van der Waals surface area contributed by atoms with E-state index in [1.165, 1.54) is 25.8 Å². The van der Waals surface area contributed by atoms with Gasteiger partial charge in [0.1, 0.15) is 6.61 Å². The van der Waals surface area contributed by atoms with Crippen LogP contribution in [0.2, 0.25) is 0 Å². The molecule has 2 heterocycles. The lowest BCUT2D eigenvalue weighted by atomic mass is 10.0. The topological polar surface area (TPSA) is 37.4 Å². The summed E-state index contributed by atoms with van der Waals surface area (Å²) in [5.74, 6) is 0.738. The Labute approximate surface area is 109 Å². The van der Waals surface area contributed by atoms with E-state index in [9.17, 15) is 0 Å². The molecule has 1 unspecified atom stereocenters. The molecule has 18 heavy (non-hydrogen) atoms. The van der Waals surface area contributed by atoms with Gasteiger partial charge in [-0.15, -0.1) is 0 Å². The molecule has 0 aliphatic carbocycles. The van der Waals surface area contributed by atoms with Crippen molar-refractivity contribution in [1.29, 1.82) is 0 Å². The Morgan fingerprint density at radius 1 is 1.44 bits per heavy atom. The predicted octanol–water partition coefficient (Wildman–Crippen LogP) is 1.66. The molecule has 0 amide bonds. The number of rotatable bonds is 5. The first-order chi connectivity index (χ1) is 8.79. The van der Waals surface area contributed by atoms with Gasteiger partial charge in [0.15, 0.2) is 0 Å². The number of pyridine rings is 1. The first-order valence-electron chi connectivity index (χ1n) is 6.73. The second-order valence-electron chi connectivity index (χ2n) is 4.94. The number of aromatic nitrogens is 1. The third kappa shape index (κ3) is 3.68. The van der Waals surface area contributed by atoms with Gasteiger partial charge in [-0.3, -0.25) is 0 Å². The number of likely N-dealkylation sites (tertiary alicyclic amines) is 1. The molecule has 0 radical (unpaired) electrons. The Bertz CT molecular complexity index is 370. The van der Waals surface area contributed by atoms with Crippen LogP contribution in [0.1, 0.15) is 25.0 Å². The van der Waals surface area contributed by atoms with E-state index in [-0.39, 0.29) is 0 Å². The molecular formula is C14H23N3O. The van der Waals surface area contributed by atoms with Gasteiger partial charge in [-0.25, -0.2) is 4.98 Å². The van der Waals surface area contributed by atoms with Crippen LogP contribution in [-0.4, -0.2) is 43.2 Å². The summed E-state index contributed by atoms with van der Waals surface area (Å²) < 4.78 is 5.82. The maximum atomic E-state index is 5.82. The van der Waals surface area contributed by atoms with E-state index in [2.05, 4.69) is 22.2 Å². The normalized spacial score (nSPS) is 20.9. The van der Waals surface area contributed by atoms with Gasteiger partial charge in [0.05, 0.1) is 5.69 Å². The molecule has 0 bridgehead atoms. The van der Waals surface area contributed by atoms with Crippen molar-refractivity contribution in [3.8, 4) is 5.88 Å². The maximum Gasteiger partial charge on any atom is 0.213 e. The minimum atomic E-state index is 0.536. The first-order valence-corrected chi connectivity index (χ1v) is 6.73. The van der Waals surface area contributed by atoms with Crippen molar-refractivity contribution in [2.24, 2.45) is 0 Å². The van der Waals surface area contributed by atoms with Crippen molar-refractivity contribution in [3.63, 3.8) is 0 Å². The molecular weight excluding hydrogens is 226 g/mol. The van der Waals surface area contributed by atoms with Crippen molar-refractivity contribution >= 4 is 0 Å². The molecule has 1 saturated heterocycles. The van der Waals surface area contributed by atoms with Crippen LogP contribution in [0.5, 0.6) is 5.88 Å². The lowest BCUT2D eigenvalue weighted by Gasteiger charge is -2.31. The zero-order valence-corrected chi connectivity index (χ0v) is 11.4. The molecule has 0 aromatic carbocycles. The Balaban J connectivity index is 1.87. The number of hydrogen-bond donors (Lipinski definition) is 1. The van der Waals surface area contributed by atoms with Gasteiger partial charge >= 0.3 is 0 Å². The second kappa shape index (κ2) is 6.71. The third-order valence-corrected chi connectivity index (χ3v) is 3.48. The molecule has 2 rings (SSSR count). The van der Waals surface area contributed by atoms with Crippen molar-refractivity contribution in [2.45, 2.75) is 31.8 Å². The molecule has 1 atom stereocenters. The standard InChI is InChI=1S/C14H23N3O/c1-15-10-12-6-5-8-14(16-12)18-11-13-7-3-4-9-17(13)2/h5-6,8,13,15H,3-4,7,9-11H2,1-2H3. The van der Waals surface area contributed by atoms with Gasteiger partial charge in [-0.2, -0.15) is 0 Å². The number of likely N-dealkylation sites (N-methyl/N-ethyl adjacent to an activating group) is 1. The molecule has 1 N–H and O–H groups in total. The fraction of sp³-hybridized carbons (Fsp3) is 0.643. The molecule has 1 fully saturated rings. The van der Waals surface area contributed by atoms with Gasteiger partial charge in [0.25, 0.3) is 0 Å². The zero-order valence-electron chi connectivity index (χ0n) is 11.4. The molecule has 1 aromatic rings. The average Bonchev–Trinajstić information content (AvgIpc) is 2.39. The summed E-state index contributed by atoms with van der Waals surface area (Å²) in [5, 5.41) is 3.10. The summed E-state index contributed by atoms with van der Waals surface area (Å²) >= 11 is 0. The largest absolute Gasteiger partial charge is 0.476 e.